The van der Waals surface area contributed by atoms with Gasteiger partial charge in [0, 0.05) is 25.7 Å². The quantitative estimate of drug-likeness (QED) is 0.236. The third kappa shape index (κ3) is 8.37. The first-order valence-corrected chi connectivity index (χ1v) is 9.98. The molecule has 162 valence electrons. The summed E-state index contributed by atoms with van der Waals surface area (Å²) in [5.74, 6) is 0.705. The molecule has 0 aliphatic rings. The Morgan fingerprint density at radius 3 is 2.32 bits per heavy atom. The number of benzene rings is 2. The van der Waals surface area contributed by atoms with E-state index in [1.54, 1.807) is 31.6 Å². The largest absolute Gasteiger partial charge is 0.356 e. The summed E-state index contributed by atoms with van der Waals surface area (Å²) in [5, 5.41) is 9.22. The van der Waals surface area contributed by atoms with Crippen LogP contribution in [0.4, 0.5) is 5.69 Å². The van der Waals surface area contributed by atoms with Gasteiger partial charge < -0.3 is 16.0 Å². The second kappa shape index (κ2) is 13.4. The number of aliphatic imine (C=N–C) groups is 1. The van der Waals surface area contributed by atoms with E-state index in [0.717, 1.165) is 6.42 Å². The van der Waals surface area contributed by atoms with Gasteiger partial charge in [-0.3, -0.25) is 14.8 Å². The highest BCUT2D eigenvalue weighted by molar-refractivity contribution is 14.0. The number of rotatable bonds is 8. The zero-order valence-corrected chi connectivity index (χ0v) is 19.8. The number of nitrogens with zero attached hydrogens (tertiary/aromatic N) is 2. The number of hydrogen-bond acceptors (Lipinski definition) is 3. The molecule has 1 atom stereocenters. The highest BCUT2D eigenvalue weighted by Crippen LogP contribution is 2.20. The highest BCUT2D eigenvalue weighted by Gasteiger charge is 2.13. The monoisotopic (exact) mass is 529 g/mol. The van der Waals surface area contributed by atoms with Gasteiger partial charge in [-0.05, 0) is 29.7 Å². The van der Waals surface area contributed by atoms with Gasteiger partial charge in [0.2, 0.25) is 5.91 Å². The first-order chi connectivity index (χ1) is 14.7. The number of amides is 1. The molecule has 6 nitrogen and oxygen atoms in total. The summed E-state index contributed by atoms with van der Waals surface area (Å²) in [5.41, 5.74) is 3.21. The Bertz CT molecular complexity index is 936. The van der Waals surface area contributed by atoms with Crippen molar-refractivity contribution >= 4 is 41.5 Å². The minimum absolute atomic E-state index is 0. The standard InChI is InChI=1S/C24H27N5O.HI/c1-25-24(28-18-23(30)29-22-13-8-14-26-17-22)27-16-21(20-11-6-3-7-12-20)15-19-9-4-2-5-10-19;/h2-14,17,21H,15-16,18H2,1H3,(H,29,30)(H2,25,27,28);1H. The maximum absolute atomic E-state index is 12.1. The van der Waals surface area contributed by atoms with Crippen LogP contribution in [0.5, 0.6) is 0 Å². The Hall–Kier alpha value is -2.94. The molecule has 7 heteroatoms. The summed E-state index contributed by atoms with van der Waals surface area (Å²) in [6.07, 6.45) is 4.19. The number of aromatic nitrogens is 1. The average molecular weight is 529 g/mol. The summed E-state index contributed by atoms with van der Waals surface area (Å²) in [6.45, 7) is 0.812. The van der Waals surface area contributed by atoms with E-state index in [2.05, 4.69) is 74.5 Å². The molecule has 3 N–H and O–H groups in total. The maximum Gasteiger partial charge on any atom is 0.243 e. The van der Waals surface area contributed by atoms with Crippen molar-refractivity contribution in [2.75, 3.05) is 25.5 Å². The molecule has 1 unspecified atom stereocenters. The fourth-order valence-electron chi connectivity index (χ4n) is 3.18. The van der Waals surface area contributed by atoms with E-state index in [1.165, 1.54) is 11.1 Å². The summed E-state index contributed by atoms with van der Waals surface area (Å²) in [7, 11) is 1.70. The minimum Gasteiger partial charge on any atom is -0.356 e. The SMILES string of the molecule is CN=C(NCC(=O)Nc1cccnc1)NCC(Cc1ccccc1)c1ccccc1.I. The van der Waals surface area contributed by atoms with Gasteiger partial charge >= 0.3 is 0 Å². The predicted molar refractivity (Wildman–Crippen MR) is 137 cm³/mol. The molecule has 1 amide bonds. The maximum atomic E-state index is 12.1. The fraction of sp³-hybridized carbons (Fsp3) is 0.208. The summed E-state index contributed by atoms with van der Waals surface area (Å²) >= 11 is 0. The number of hydrogen-bond donors (Lipinski definition) is 3. The minimum atomic E-state index is -0.158. The van der Waals surface area contributed by atoms with Crippen LogP contribution in [0.2, 0.25) is 0 Å². The molecule has 0 spiro atoms. The Kier molecular flexibility index (Phi) is 10.5. The topological polar surface area (TPSA) is 78.4 Å². The zero-order chi connectivity index (χ0) is 21.0. The lowest BCUT2D eigenvalue weighted by atomic mass is 9.92. The van der Waals surface area contributed by atoms with Crippen molar-refractivity contribution in [3.63, 3.8) is 0 Å². The molecule has 1 heterocycles. The molecular weight excluding hydrogens is 501 g/mol. The number of pyridine rings is 1. The molecule has 3 rings (SSSR count). The number of halogens is 1. The van der Waals surface area contributed by atoms with E-state index in [1.807, 2.05) is 12.1 Å². The van der Waals surface area contributed by atoms with Crippen LogP contribution in [0, 0.1) is 0 Å². The van der Waals surface area contributed by atoms with Gasteiger partial charge in [0.15, 0.2) is 5.96 Å². The van der Waals surface area contributed by atoms with Gasteiger partial charge in [0.05, 0.1) is 18.4 Å². The lowest BCUT2D eigenvalue weighted by Gasteiger charge is -2.20. The Morgan fingerprint density at radius 2 is 1.68 bits per heavy atom. The van der Waals surface area contributed by atoms with Crippen molar-refractivity contribution in [1.82, 2.24) is 15.6 Å². The van der Waals surface area contributed by atoms with Crippen LogP contribution in [-0.2, 0) is 11.2 Å². The predicted octanol–water partition coefficient (Wildman–Crippen LogP) is 3.83. The Morgan fingerprint density at radius 1 is 0.968 bits per heavy atom. The lowest BCUT2D eigenvalue weighted by molar-refractivity contribution is -0.115. The van der Waals surface area contributed by atoms with Crippen LogP contribution < -0.4 is 16.0 Å². The molecule has 0 saturated carbocycles. The van der Waals surface area contributed by atoms with Crippen LogP contribution in [-0.4, -0.2) is 37.0 Å². The van der Waals surface area contributed by atoms with Crippen molar-refractivity contribution in [2.45, 2.75) is 12.3 Å². The van der Waals surface area contributed by atoms with Crippen LogP contribution >= 0.6 is 24.0 Å². The van der Waals surface area contributed by atoms with Crippen LogP contribution in [0.15, 0.2) is 90.2 Å². The van der Waals surface area contributed by atoms with Crippen molar-refractivity contribution in [2.24, 2.45) is 4.99 Å². The van der Waals surface area contributed by atoms with Gasteiger partial charge in [-0.2, -0.15) is 0 Å². The van der Waals surface area contributed by atoms with Crippen molar-refractivity contribution in [3.05, 3.63) is 96.3 Å². The van der Waals surface area contributed by atoms with Crippen LogP contribution in [0.1, 0.15) is 17.0 Å². The van der Waals surface area contributed by atoms with Crippen LogP contribution in [0.25, 0.3) is 0 Å². The normalized spacial score (nSPS) is 11.7. The van der Waals surface area contributed by atoms with Gasteiger partial charge in [0.25, 0.3) is 0 Å². The highest BCUT2D eigenvalue weighted by atomic mass is 127. The molecule has 0 aliphatic carbocycles. The Labute approximate surface area is 200 Å². The van der Waals surface area contributed by atoms with E-state index >= 15 is 0 Å². The number of nitrogens with one attached hydrogen (secondary N) is 3. The van der Waals surface area contributed by atoms with Crippen molar-refractivity contribution in [3.8, 4) is 0 Å². The molecule has 0 fully saturated rings. The van der Waals surface area contributed by atoms with E-state index in [9.17, 15) is 4.79 Å². The van der Waals surface area contributed by atoms with Crippen molar-refractivity contribution < 1.29 is 4.79 Å². The number of carbonyl (C=O) groups is 1. The molecular formula is C24H28IN5O. The van der Waals surface area contributed by atoms with Gasteiger partial charge in [-0.1, -0.05) is 60.7 Å². The number of guanidine groups is 1. The smallest absolute Gasteiger partial charge is 0.243 e. The Balaban J connectivity index is 0.00000341. The van der Waals surface area contributed by atoms with E-state index in [0.29, 0.717) is 18.2 Å². The molecule has 0 aliphatic heterocycles. The van der Waals surface area contributed by atoms with Gasteiger partial charge in [0.1, 0.15) is 0 Å². The average Bonchev–Trinajstić information content (AvgIpc) is 2.80. The zero-order valence-electron chi connectivity index (χ0n) is 17.5. The molecule has 0 radical (unpaired) electrons. The van der Waals surface area contributed by atoms with Gasteiger partial charge in [-0.25, -0.2) is 0 Å². The molecule has 0 bridgehead atoms. The molecule has 3 aromatic rings. The third-order valence-electron chi connectivity index (χ3n) is 4.70. The fourth-order valence-corrected chi connectivity index (χ4v) is 3.18. The molecule has 2 aromatic carbocycles. The first kappa shape index (κ1) is 24.3. The second-order valence-electron chi connectivity index (χ2n) is 6.89. The van der Waals surface area contributed by atoms with E-state index in [4.69, 9.17) is 0 Å². The first-order valence-electron chi connectivity index (χ1n) is 9.98. The lowest BCUT2D eigenvalue weighted by Crippen LogP contribution is -2.43. The molecule has 0 saturated heterocycles. The van der Waals surface area contributed by atoms with Crippen molar-refractivity contribution in [1.29, 1.82) is 0 Å². The summed E-state index contributed by atoms with van der Waals surface area (Å²) in [4.78, 5) is 20.4. The molecule has 1 aromatic heterocycles. The summed E-state index contributed by atoms with van der Waals surface area (Å²) < 4.78 is 0. The summed E-state index contributed by atoms with van der Waals surface area (Å²) in [6, 6.07) is 24.5. The number of carbonyl (C=O) groups excluding carboxylic acids is 1. The third-order valence-corrected chi connectivity index (χ3v) is 4.70. The number of anilines is 1. The van der Waals surface area contributed by atoms with E-state index < -0.39 is 0 Å². The second-order valence-corrected chi connectivity index (χ2v) is 6.89. The van der Waals surface area contributed by atoms with E-state index in [-0.39, 0.29) is 42.3 Å². The molecule has 31 heavy (non-hydrogen) atoms. The van der Waals surface area contributed by atoms with Gasteiger partial charge in [-0.15, -0.1) is 24.0 Å². The van der Waals surface area contributed by atoms with Crippen LogP contribution in [0.3, 0.4) is 0 Å².